The number of nitriles is 1. The molecule has 0 spiro atoms. The number of sulfonamides is 1. The molecule has 2 aliphatic rings. The molecule has 1 N–H and O–H groups in total. The Hall–Kier alpha value is -2.49. The molecule has 2 aliphatic heterocycles. The zero-order chi connectivity index (χ0) is 23.4. The SMILES string of the molecule is Cc1noc(C)c1S(=O)(=O)NCCN1CC2CN(CCOc3ccc(C#N)cc3)CC(C1)O2. The van der Waals surface area contributed by atoms with E-state index in [1.807, 2.05) is 12.1 Å². The van der Waals surface area contributed by atoms with Crippen LogP contribution in [0.2, 0.25) is 0 Å². The van der Waals surface area contributed by atoms with Gasteiger partial charge in [0.1, 0.15) is 22.9 Å². The van der Waals surface area contributed by atoms with Gasteiger partial charge >= 0.3 is 0 Å². The Morgan fingerprint density at radius 2 is 1.76 bits per heavy atom. The number of nitrogens with one attached hydrogen (secondary N) is 1. The van der Waals surface area contributed by atoms with Crippen LogP contribution < -0.4 is 9.46 Å². The molecule has 2 saturated heterocycles. The van der Waals surface area contributed by atoms with Crippen LogP contribution in [0.1, 0.15) is 17.0 Å². The minimum atomic E-state index is -3.65. The summed E-state index contributed by atoms with van der Waals surface area (Å²) in [4.78, 5) is 4.72. The molecule has 2 fully saturated rings. The summed E-state index contributed by atoms with van der Waals surface area (Å²) >= 11 is 0. The second-order valence-corrected chi connectivity index (χ2v) is 10.1. The Labute approximate surface area is 194 Å². The Balaban J connectivity index is 1.20. The fourth-order valence-corrected chi connectivity index (χ4v) is 5.76. The molecule has 3 heterocycles. The average Bonchev–Trinajstić information content (AvgIpc) is 3.12. The van der Waals surface area contributed by atoms with Crippen LogP contribution in [0.3, 0.4) is 0 Å². The van der Waals surface area contributed by atoms with Crippen molar-refractivity contribution in [3.8, 4) is 11.8 Å². The Morgan fingerprint density at radius 1 is 1.12 bits per heavy atom. The van der Waals surface area contributed by atoms with E-state index in [0.29, 0.717) is 36.7 Å². The Bertz CT molecular complexity index is 1060. The lowest BCUT2D eigenvalue weighted by atomic mass is 10.1. The minimum absolute atomic E-state index is 0.0894. The van der Waals surface area contributed by atoms with Crippen molar-refractivity contribution >= 4 is 10.0 Å². The first kappa shape index (κ1) is 23.7. The fraction of sp³-hybridized carbons (Fsp3) is 0.545. The average molecular weight is 476 g/mol. The summed E-state index contributed by atoms with van der Waals surface area (Å²) in [7, 11) is -3.65. The number of rotatable bonds is 9. The van der Waals surface area contributed by atoms with Gasteiger partial charge in [0, 0.05) is 45.8 Å². The van der Waals surface area contributed by atoms with Gasteiger partial charge in [0.05, 0.1) is 23.8 Å². The predicted molar refractivity (Wildman–Crippen MR) is 119 cm³/mol. The molecule has 2 unspecified atom stereocenters. The van der Waals surface area contributed by atoms with Crippen LogP contribution in [0.5, 0.6) is 5.75 Å². The van der Waals surface area contributed by atoms with Gasteiger partial charge < -0.3 is 14.0 Å². The molecule has 0 amide bonds. The van der Waals surface area contributed by atoms with Gasteiger partial charge in [-0.1, -0.05) is 5.16 Å². The second-order valence-electron chi connectivity index (χ2n) is 8.43. The smallest absolute Gasteiger partial charge is 0.246 e. The first-order valence-corrected chi connectivity index (χ1v) is 12.5. The minimum Gasteiger partial charge on any atom is -0.492 e. The van der Waals surface area contributed by atoms with Crippen LogP contribution in [-0.2, 0) is 14.8 Å². The zero-order valence-electron chi connectivity index (χ0n) is 18.9. The quantitative estimate of drug-likeness (QED) is 0.564. The molecule has 33 heavy (non-hydrogen) atoms. The standard InChI is InChI=1S/C22H29N5O5S/c1-16-22(17(2)32-25-16)33(28,29)24-7-8-26-12-20-14-27(15-21(13-26)31-20)9-10-30-19-5-3-18(11-23)4-6-19/h3-6,20-21,24H,7-10,12-15H2,1-2H3. The summed E-state index contributed by atoms with van der Waals surface area (Å²) in [5.41, 5.74) is 0.980. The molecule has 178 valence electrons. The highest BCUT2D eigenvalue weighted by molar-refractivity contribution is 7.89. The predicted octanol–water partition coefficient (Wildman–Crippen LogP) is 0.905. The lowest BCUT2D eigenvalue weighted by Crippen LogP contribution is -2.60. The number of aromatic nitrogens is 1. The van der Waals surface area contributed by atoms with E-state index >= 15 is 0 Å². The largest absolute Gasteiger partial charge is 0.492 e. The van der Waals surface area contributed by atoms with E-state index < -0.39 is 10.0 Å². The van der Waals surface area contributed by atoms with Gasteiger partial charge in [0.25, 0.3) is 0 Å². The third kappa shape index (κ3) is 5.90. The number of ether oxygens (including phenoxy) is 2. The summed E-state index contributed by atoms with van der Waals surface area (Å²) in [6, 6.07) is 9.21. The van der Waals surface area contributed by atoms with Crippen molar-refractivity contribution in [1.82, 2.24) is 19.7 Å². The van der Waals surface area contributed by atoms with Crippen molar-refractivity contribution in [2.75, 3.05) is 52.4 Å². The third-order valence-corrected chi connectivity index (χ3v) is 7.55. The summed E-state index contributed by atoms with van der Waals surface area (Å²) in [6.07, 6.45) is 0.179. The Kier molecular flexibility index (Phi) is 7.31. The van der Waals surface area contributed by atoms with Gasteiger partial charge in [0.15, 0.2) is 5.76 Å². The number of morpholine rings is 2. The molecule has 0 radical (unpaired) electrons. The van der Waals surface area contributed by atoms with Gasteiger partial charge in [-0.2, -0.15) is 5.26 Å². The molecule has 0 saturated carbocycles. The molecule has 2 bridgehead atoms. The van der Waals surface area contributed by atoms with Crippen LogP contribution >= 0.6 is 0 Å². The molecular weight excluding hydrogens is 446 g/mol. The van der Waals surface area contributed by atoms with Crippen LogP contribution in [0.25, 0.3) is 0 Å². The van der Waals surface area contributed by atoms with Crippen molar-refractivity contribution in [2.45, 2.75) is 31.0 Å². The molecule has 2 aromatic rings. The Morgan fingerprint density at radius 3 is 2.33 bits per heavy atom. The van der Waals surface area contributed by atoms with Gasteiger partial charge in [-0.3, -0.25) is 9.80 Å². The molecule has 11 heteroatoms. The normalized spacial score (nSPS) is 21.6. The molecule has 2 atom stereocenters. The first-order valence-electron chi connectivity index (χ1n) is 11.0. The van der Waals surface area contributed by atoms with E-state index in [-0.39, 0.29) is 17.1 Å². The van der Waals surface area contributed by atoms with Gasteiger partial charge in [0.2, 0.25) is 10.0 Å². The number of fused-ring (bicyclic) bond motifs is 2. The third-order valence-electron chi connectivity index (χ3n) is 5.85. The molecule has 0 aliphatic carbocycles. The van der Waals surface area contributed by atoms with Gasteiger partial charge in [-0.25, -0.2) is 13.1 Å². The van der Waals surface area contributed by atoms with Crippen molar-refractivity contribution in [1.29, 1.82) is 5.26 Å². The number of hydrogen-bond acceptors (Lipinski definition) is 9. The maximum Gasteiger partial charge on any atom is 0.246 e. The molecule has 4 rings (SSSR count). The summed E-state index contributed by atoms with van der Waals surface area (Å²) in [6.45, 7) is 8.66. The lowest BCUT2D eigenvalue weighted by molar-refractivity contribution is -0.138. The molecule has 10 nitrogen and oxygen atoms in total. The number of nitrogens with zero attached hydrogens (tertiary/aromatic N) is 4. The van der Waals surface area contributed by atoms with Crippen LogP contribution in [0.15, 0.2) is 33.7 Å². The lowest BCUT2D eigenvalue weighted by Gasteiger charge is -2.45. The summed E-state index contributed by atoms with van der Waals surface area (Å²) in [5, 5.41) is 12.6. The van der Waals surface area contributed by atoms with Crippen molar-refractivity contribution in [3.63, 3.8) is 0 Å². The maximum absolute atomic E-state index is 12.6. The van der Waals surface area contributed by atoms with Crippen molar-refractivity contribution in [3.05, 3.63) is 41.3 Å². The maximum atomic E-state index is 12.6. The highest BCUT2D eigenvalue weighted by atomic mass is 32.2. The highest BCUT2D eigenvalue weighted by Gasteiger charge is 2.34. The van der Waals surface area contributed by atoms with Crippen LogP contribution in [0.4, 0.5) is 0 Å². The van der Waals surface area contributed by atoms with E-state index in [2.05, 4.69) is 25.7 Å². The topological polar surface area (TPSA) is 121 Å². The summed E-state index contributed by atoms with van der Waals surface area (Å²) < 4.78 is 44.7. The van der Waals surface area contributed by atoms with Gasteiger partial charge in [-0.05, 0) is 38.1 Å². The number of aryl methyl sites for hydroxylation is 2. The van der Waals surface area contributed by atoms with E-state index in [9.17, 15) is 8.42 Å². The zero-order valence-corrected chi connectivity index (χ0v) is 19.7. The van der Waals surface area contributed by atoms with E-state index in [4.69, 9.17) is 19.3 Å². The monoisotopic (exact) mass is 475 g/mol. The van der Waals surface area contributed by atoms with Crippen molar-refractivity contribution in [2.24, 2.45) is 0 Å². The second kappa shape index (κ2) is 10.2. The fourth-order valence-electron chi connectivity index (χ4n) is 4.41. The summed E-state index contributed by atoms with van der Waals surface area (Å²) in [5.74, 6) is 1.05. The number of hydrogen-bond donors (Lipinski definition) is 1. The van der Waals surface area contributed by atoms with Crippen LogP contribution in [0, 0.1) is 25.2 Å². The molecule has 1 aromatic heterocycles. The molecule has 1 aromatic carbocycles. The van der Waals surface area contributed by atoms with Crippen molar-refractivity contribution < 1.29 is 22.4 Å². The van der Waals surface area contributed by atoms with E-state index in [1.165, 1.54) is 0 Å². The van der Waals surface area contributed by atoms with E-state index in [0.717, 1.165) is 38.5 Å². The first-order chi connectivity index (χ1) is 15.8. The van der Waals surface area contributed by atoms with Gasteiger partial charge in [-0.15, -0.1) is 0 Å². The number of benzene rings is 1. The highest BCUT2D eigenvalue weighted by Crippen LogP contribution is 2.20. The molecular formula is C22H29N5O5S. The van der Waals surface area contributed by atoms with E-state index in [1.54, 1.807) is 26.0 Å². The van der Waals surface area contributed by atoms with Crippen LogP contribution in [-0.4, -0.2) is 88.0 Å².